The van der Waals surface area contributed by atoms with Crippen molar-refractivity contribution in [1.29, 1.82) is 0 Å². The number of hydrogen-bond donors (Lipinski definition) is 1. The van der Waals surface area contributed by atoms with Gasteiger partial charge in [0.15, 0.2) is 0 Å². The quantitative estimate of drug-likeness (QED) is 0.568. The highest BCUT2D eigenvalue weighted by Gasteiger charge is 2.26. The molecule has 0 aliphatic carbocycles. The Morgan fingerprint density at radius 1 is 0.963 bits per heavy atom. The molecule has 2 aromatic heterocycles. The molecule has 2 rings (SSSR count). The number of nitrogens with one attached hydrogen (secondary N) is 1. The molecule has 0 bridgehead atoms. The van der Waals surface area contributed by atoms with Gasteiger partial charge in [-0.05, 0) is 40.2 Å². The Morgan fingerprint density at radius 3 is 2.15 bits per heavy atom. The van der Waals surface area contributed by atoms with Gasteiger partial charge in [-0.25, -0.2) is 19.4 Å². The van der Waals surface area contributed by atoms with Gasteiger partial charge in [0.05, 0.1) is 35.2 Å². The fraction of sp³-hybridized carbons (Fsp3) is 0.444. The second-order valence-electron chi connectivity index (χ2n) is 5.64. The van der Waals surface area contributed by atoms with E-state index in [0.29, 0.717) is 16.1 Å². The van der Waals surface area contributed by atoms with Crippen LogP contribution in [0.15, 0.2) is 0 Å². The molecule has 2 aromatic rings. The number of aryl methyl sites for hydroxylation is 2. The molecule has 0 radical (unpaired) electrons. The Kier molecular flexibility index (Phi) is 6.73. The maximum Gasteiger partial charge on any atom is 0.355 e. The highest BCUT2D eigenvalue weighted by atomic mass is 32.1. The molecule has 0 saturated carbocycles. The summed E-state index contributed by atoms with van der Waals surface area (Å²) in [4.78, 5) is 44.2. The van der Waals surface area contributed by atoms with Gasteiger partial charge in [0.1, 0.15) is 17.2 Å². The minimum absolute atomic E-state index is 0.135. The van der Waals surface area contributed by atoms with E-state index in [9.17, 15) is 14.4 Å². The highest BCUT2D eigenvalue weighted by Crippen LogP contribution is 2.23. The third-order valence-electron chi connectivity index (χ3n) is 3.72. The lowest BCUT2D eigenvalue weighted by Gasteiger charge is -2.06. The van der Waals surface area contributed by atoms with Crippen molar-refractivity contribution in [2.45, 2.75) is 41.2 Å². The molecule has 0 saturated heterocycles. The molecule has 0 fully saturated rings. The molecule has 0 aliphatic heterocycles. The Hall–Kier alpha value is -2.68. The van der Waals surface area contributed by atoms with Crippen molar-refractivity contribution in [3.63, 3.8) is 0 Å². The van der Waals surface area contributed by atoms with E-state index in [1.807, 2.05) is 0 Å². The van der Waals surface area contributed by atoms with Gasteiger partial charge in [-0.2, -0.15) is 0 Å². The minimum atomic E-state index is -0.599. The van der Waals surface area contributed by atoms with Gasteiger partial charge in [0.25, 0.3) is 0 Å². The number of thiazole rings is 1. The van der Waals surface area contributed by atoms with E-state index in [1.165, 1.54) is 11.3 Å². The molecule has 1 N–H and O–H groups in total. The lowest BCUT2D eigenvalue weighted by molar-refractivity contribution is 0.0449. The van der Waals surface area contributed by atoms with E-state index in [1.54, 1.807) is 34.6 Å². The van der Waals surface area contributed by atoms with E-state index in [2.05, 4.69) is 9.97 Å². The summed E-state index contributed by atoms with van der Waals surface area (Å²) in [6.45, 7) is 8.65. The van der Waals surface area contributed by atoms with Crippen molar-refractivity contribution in [3.8, 4) is 0 Å². The van der Waals surface area contributed by atoms with E-state index >= 15 is 0 Å². The molecule has 0 atom stereocenters. The first-order valence-electron chi connectivity index (χ1n) is 8.46. The first kappa shape index (κ1) is 20.6. The highest BCUT2D eigenvalue weighted by molar-refractivity contribution is 7.13. The SMILES string of the molecule is CCOC(=O)c1[nH]c(COC(=O)c2sc(C)nc2C)c(C(=O)OCC)c1C. The predicted molar refractivity (Wildman–Crippen MR) is 98.2 cm³/mol. The van der Waals surface area contributed by atoms with E-state index in [4.69, 9.17) is 14.2 Å². The minimum Gasteiger partial charge on any atom is -0.462 e. The van der Waals surface area contributed by atoms with E-state index in [0.717, 1.165) is 5.01 Å². The van der Waals surface area contributed by atoms with Crippen LogP contribution in [0.1, 0.15) is 66.3 Å². The van der Waals surface area contributed by atoms with Gasteiger partial charge in [0.2, 0.25) is 0 Å². The van der Waals surface area contributed by atoms with Crippen molar-refractivity contribution in [1.82, 2.24) is 9.97 Å². The van der Waals surface area contributed by atoms with Gasteiger partial charge >= 0.3 is 17.9 Å². The number of aromatic nitrogens is 2. The summed E-state index contributed by atoms with van der Waals surface area (Å²) in [7, 11) is 0. The third kappa shape index (κ3) is 4.54. The molecular weight excluding hydrogens is 372 g/mol. The van der Waals surface area contributed by atoms with Crippen molar-refractivity contribution in [2.24, 2.45) is 0 Å². The van der Waals surface area contributed by atoms with E-state index in [-0.39, 0.29) is 36.8 Å². The molecular formula is C18H22N2O6S. The lowest BCUT2D eigenvalue weighted by atomic mass is 10.1. The van der Waals surface area contributed by atoms with Crippen LogP contribution in [0.25, 0.3) is 0 Å². The van der Waals surface area contributed by atoms with Gasteiger partial charge in [-0.15, -0.1) is 11.3 Å². The number of nitrogens with zero attached hydrogens (tertiary/aromatic N) is 1. The average molecular weight is 394 g/mol. The molecule has 8 nitrogen and oxygen atoms in total. The van der Waals surface area contributed by atoms with Crippen molar-refractivity contribution >= 4 is 29.2 Å². The Labute approximate surface area is 160 Å². The van der Waals surface area contributed by atoms with Crippen LogP contribution in [-0.2, 0) is 20.8 Å². The largest absolute Gasteiger partial charge is 0.462 e. The van der Waals surface area contributed by atoms with Crippen LogP contribution in [0.2, 0.25) is 0 Å². The lowest BCUT2D eigenvalue weighted by Crippen LogP contribution is -2.11. The molecule has 146 valence electrons. The van der Waals surface area contributed by atoms with Crippen LogP contribution in [0.5, 0.6) is 0 Å². The zero-order valence-corrected chi connectivity index (χ0v) is 16.7. The molecule has 0 spiro atoms. The van der Waals surface area contributed by atoms with Crippen molar-refractivity contribution in [3.05, 3.63) is 38.1 Å². The zero-order valence-electron chi connectivity index (χ0n) is 15.9. The molecule has 0 unspecified atom stereocenters. The van der Waals surface area contributed by atoms with Crippen LogP contribution in [0, 0.1) is 20.8 Å². The van der Waals surface area contributed by atoms with Gasteiger partial charge in [-0.1, -0.05) is 0 Å². The molecule has 27 heavy (non-hydrogen) atoms. The monoisotopic (exact) mass is 394 g/mol. The Bertz CT molecular complexity index is 868. The number of carbonyl (C=O) groups excluding carboxylic acids is 3. The van der Waals surface area contributed by atoms with Gasteiger partial charge < -0.3 is 19.2 Å². The normalized spacial score (nSPS) is 10.6. The third-order valence-corrected chi connectivity index (χ3v) is 4.78. The standard InChI is InChI=1S/C18H22N2O6S/c1-6-24-16(21)13-9(3)14(17(22)25-7-2)20-12(13)8-26-18(23)15-10(4)19-11(5)27-15/h20H,6-8H2,1-5H3. The topological polar surface area (TPSA) is 108 Å². The fourth-order valence-electron chi connectivity index (χ4n) is 2.58. The predicted octanol–water partition coefficient (Wildman–Crippen LogP) is 3.11. The zero-order chi connectivity index (χ0) is 20.1. The second kappa shape index (κ2) is 8.81. The van der Waals surface area contributed by atoms with Crippen LogP contribution in [-0.4, -0.2) is 41.1 Å². The summed E-state index contributed by atoms with van der Waals surface area (Å²) in [5, 5.41) is 0.756. The summed E-state index contributed by atoms with van der Waals surface area (Å²) in [6, 6.07) is 0. The number of ether oxygens (including phenoxy) is 3. The molecule has 0 aromatic carbocycles. The maximum atomic E-state index is 12.3. The summed E-state index contributed by atoms with van der Waals surface area (Å²) in [5.41, 5.74) is 1.56. The average Bonchev–Trinajstić information content (AvgIpc) is 3.12. The summed E-state index contributed by atoms with van der Waals surface area (Å²) in [5.74, 6) is -1.73. The summed E-state index contributed by atoms with van der Waals surface area (Å²) in [6.07, 6.45) is 0. The smallest absolute Gasteiger partial charge is 0.355 e. The molecule has 0 amide bonds. The molecule has 2 heterocycles. The van der Waals surface area contributed by atoms with Crippen molar-refractivity contribution < 1.29 is 28.6 Å². The first-order chi connectivity index (χ1) is 12.8. The second-order valence-corrected chi connectivity index (χ2v) is 6.85. The van der Waals surface area contributed by atoms with Gasteiger partial charge in [-0.3, -0.25) is 0 Å². The van der Waals surface area contributed by atoms with Gasteiger partial charge in [0, 0.05) is 0 Å². The number of esters is 3. The van der Waals surface area contributed by atoms with E-state index < -0.39 is 17.9 Å². The Morgan fingerprint density at radius 2 is 1.59 bits per heavy atom. The number of rotatable bonds is 7. The number of aromatic amines is 1. The summed E-state index contributed by atoms with van der Waals surface area (Å²) < 4.78 is 15.4. The maximum absolute atomic E-state index is 12.3. The van der Waals surface area contributed by atoms with Crippen LogP contribution in [0.4, 0.5) is 0 Å². The Balaban J connectivity index is 2.29. The first-order valence-corrected chi connectivity index (χ1v) is 9.28. The van der Waals surface area contributed by atoms with Crippen LogP contribution >= 0.6 is 11.3 Å². The van der Waals surface area contributed by atoms with Crippen molar-refractivity contribution in [2.75, 3.05) is 13.2 Å². The molecule has 0 aliphatic rings. The summed E-state index contributed by atoms with van der Waals surface area (Å²) >= 11 is 1.23. The van der Waals surface area contributed by atoms with Crippen LogP contribution in [0.3, 0.4) is 0 Å². The number of hydrogen-bond acceptors (Lipinski definition) is 8. The molecule has 9 heteroatoms. The van der Waals surface area contributed by atoms with Crippen LogP contribution < -0.4 is 0 Å². The number of H-pyrrole nitrogens is 1. The fourth-order valence-corrected chi connectivity index (χ4v) is 3.39. The number of carbonyl (C=O) groups is 3.